The third kappa shape index (κ3) is 2.47. The van der Waals surface area contributed by atoms with Crippen molar-refractivity contribution >= 4 is 23.1 Å². The summed E-state index contributed by atoms with van der Waals surface area (Å²) in [5.74, 6) is -0.350. The second kappa shape index (κ2) is 4.73. The molecule has 0 fully saturated rings. The Balaban J connectivity index is 2.41. The number of phenolic OH excluding ortho intramolecular Hbond substituents is 2. The smallest absolute Gasteiger partial charge is 0.204 e. The lowest BCUT2D eigenvalue weighted by molar-refractivity contribution is 0.403. The number of rotatable bonds is 2. The number of phenols is 2. The van der Waals surface area contributed by atoms with Crippen LogP contribution in [-0.4, -0.2) is 10.2 Å². The summed E-state index contributed by atoms with van der Waals surface area (Å²) in [6.07, 6.45) is 1.68. The average molecular weight is 243 g/mol. The van der Waals surface area contributed by atoms with E-state index in [9.17, 15) is 10.2 Å². The number of hydrogen-bond acceptors (Lipinski definition) is 3. The van der Waals surface area contributed by atoms with Crippen molar-refractivity contribution in [1.82, 2.24) is 0 Å². The van der Waals surface area contributed by atoms with Gasteiger partial charge in [0.2, 0.25) is 5.70 Å². The van der Waals surface area contributed by atoms with Crippen molar-refractivity contribution in [2.24, 2.45) is 0 Å². The molecule has 17 heavy (non-hydrogen) atoms. The van der Waals surface area contributed by atoms with Crippen molar-refractivity contribution < 1.29 is 10.2 Å². The van der Waals surface area contributed by atoms with Gasteiger partial charge >= 0.3 is 0 Å². The number of thiophene rings is 1. The molecule has 0 aliphatic carbocycles. The molecule has 0 saturated heterocycles. The number of nitrogens with zero attached hydrogens (tertiary/aromatic N) is 1. The molecule has 84 valence electrons. The molecule has 0 saturated carbocycles. The topological polar surface area (TPSA) is 44.8 Å². The zero-order valence-electron chi connectivity index (χ0n) is 8.79. The molecule has 1 heterocycles. The molecule has 0 aliphatic rings. The lowest BCUT2D eigenvalue weighted by Crippen LogP contribution is -1.76. The van der Waals surface area contributed by atoms with Crippen LogP contribution in [0.5, 0.6) is 11.5 Å². The van der Waals surface area contributed by atoms with Gasteiger partial charge in [-0.05, 0) is 29.2 Å². The first kappa shape index (κ1) is 11.2. The zero-order valence-corrected chi connectivity index (χ0v) is 9.61. The third-order valence-corrected chi connectivity index (χ3v) is 3.09. The largest absolute Gasteiger partial charge is 0.504 e. The number of hydrogen-bond donors (Lipinski definition) is 2. The van der Waals surface area contributed by atoms with Crippen LogP contribution in [0.2, 0.25) is 0 Å². The summed E-state index contributed by atoms with van der Waals surface area (Å²) < 4.78 is 0. The average Bonchev–Trinajstić information content (AvgIpc) is 2.84. The molecule has 2 rings (SSSR count). The molecule has 4 heteroatoms. The monoisotopic (exact) mass is 243 g/mol. The quantitative estimate of drug-likeness (QED) is 0.625. The van der Waals surface area contributed by atoms with Gasteiger partial charge < -0.3 is 10.2 Å². The van der Waals surface area contributed by atoms with Crippen molar-refractivity contribution in [2.45, 2.75) is 0 Å². The van der Waals surface area contributed by atoms with Crippen LogP contribution in [0.15, 0.2) is 35.7 Å². The minimum atomic E-state index is -0.186. The van der Waals surface area contributed by atoms with Crippen molar-refractivity contribution in [3.63, 3.8) is 0 Å². The van der Waals surface area contributed by atoms with E-state index in [1.54, 1.807) is 12.1 Å². The van der Waals surface area contributed by atoms with E-state index in [4.69, 9.17) is 6.57 Å². The fraction of sp³-hybridized carbons (Fsp3) is 0. The van der Waals surface area contributed by atoms with Crippen molar-refractivity contribution in [2.75, 3.05) is 0 Å². The molecule has 1 aromatic heterocycles. The fourth-order valence-electron chi connectivity index (χ4n) is 1.37. The maximum atomic E-state index is 9.36. The molecular formula is C13H9NO2S. The van der Waals surface area contributed by atoms with Crippen LogP contribution >= 0.6 is 11.3 Å². The molecular weight excluding hydrogens is 234 g/mol. The fourth-order valence-corrected chi connectivity index (χ4v) is 2.06. The van der Waals surface area contributed by atoms with Crippen LogP contribution in [0.3, 0.4) is 0 Å². The SMILES string of the molecule is [C-]#[N+]/C(=C\c1ccc(O)c(O)c1)c1cccs1. The first-order valence-corrected chi connectivity index (χ1v) is 5.73. The van der Waals surface area contributed by atoms with Gasteiger partial charge in [-0.1, -0.05) is 18.2 Å². The van der Waals surface area contributed by atoms with Gasteiger partial charge in [0.05, 0.1) is 6.57 Å². The van der Waals surface area contributed by atoms with Gasteiger partial charge in [0, 0.05) is 4.88 Å². The van der Waals surface area contributed by atoms with Crippen LogP contribution in [0.1, 0.15) is 10.4 Å². The standard InChI is InChI=1S/C13H9NO2S/c1-14-10(13-3-2-6-17-13)7-9-4-5-11(15)12(16)8-9/h2-8,15-16H/b10-7-. The Morgan fingerprint density at radius 2 is 2.06 bits per heavy atom. The number of aromatic hydroxyl groups is 2. The summed E-state index contributed by atoms with van der Waals surface area (Å²) in [5, 5.41) is 20.5. The van der Waals surface area contributed by atoms with Gasteiger partial charge in [-0.3, -0.25) is 0 Å². The van der Waals surface area contributed by atoms with Crippen LogP contribution in [0.4, 0.5) is 0 Å². The summed E-state index contributed by atoms with van der Waals surface area (Å²) in [6, 6.07) is 8.22. The first-order valence-electron chi connectivity index (χ1n) is 4.85. The van der Waals surface area contributed by atoms with Gasteiger partial charge in [-0.25, -0.2) is 4.85 Å². The normalized spacial score (nSPS) is 11.1. The molecule has 2 aromatic rings. The Morgan fingerprint density at radius 3 is 2.65 bits per heavy atom. The molecule has 0 bridgehead atoms. The summed E-state index contributed by atoms with van der Waals surface area (Å²) in [6.45, 7) is 7.13. The van der Waals surface area contributed by atoms with Gasteiger partial charge in [-0.15, -0.1) is 0 Å². The van der Waals surface area contributed by atoms with E-state index in [2.05, 4.69) is 4.85 Å². The second-order valence-corrected chi connectivity index (χ2v) is 4.31. The molecule has 0 amide bonds. The molecule has 0 radical (unpaired) electrons. The Hall–Kier alpha value is -2.25. The Labute approximate surface area is 103 Å². The van der Waals surface area contributed by atoms with Crippen LogP contribution in [-0.2, 0) is 0 Å². The lowest BCUT2D eigenvalue weighted by atomic mass is 10.1. The highest BCUT2D eigenvalue weighted by molar-refractivity contribution is 7.11. The van der Waals surface area contributed by atoms with Crippen LogP contribution in [0.25, 0.3) is 16.6 Å². The van der Waals surface area contributed by atoms with Gasteiger partial charge in [-0.2, -0.15) is 11.3 Å². The highest BCUT2D eigenvalue weighted by Gasteiger charge is 2.04. The first-order chi connectivity index (χ1) is 8.20. The van der Waals surface area contributed by atoms with Gasteiger partial charge in [0.1, 0.15) is 0 Å². The van der Waals surface area contributed by atoms with Crippen LogP contribution in [0, 0.1) is 6.57 Å². The van der Waals surface area contributed by atoms with Crippen LogP contribution < -0.4 is 0 Å². The molecule has 0 atom stereocenters. The molecule has 2 N–H and O–H groups in total. The van der Waals surface area contributed by atoms with Crippen molar-refractivity contribution in [3.8, 4) is 11.5 Å². The Morgan fingerprint density at radius 1 is 1.24 bits per heavy atom. The molecule has 0 aliphatic heterocycles. The summed E-state index contributed by atoms with van der Waals surface area (Å²) in [5.41, 5.74) is 1.20. The molecule has 3 nitrogen and oxygen atoms in total. The van der Waals surface area contributed by atoms with Gasteiger partial charge in [0.25, 0.3) is 0 Å². The summed E-state index contributed by atoms with van der Waals surface area (Å²) in [4.78, 5) is 4.34. The number of benzene rings is 1. The second-order valence-electron chi connectivity index (χ2n) is 3.37. The highest BCUT2D eigenvalue weighted by atomic mass is 32.1. The van der Waals surface area contributed by atoms with E-state index in [-0.39, 0.29) is 11.5 Å². The predicted octanol–water partition coefficient (Wildman–Crippen LogP) is 3.58. The highest BCUT2D eigenvalue weighted by Crippen LogP contribution is 2.28. The molecule has 0 spiro atoms. The lowest BCUT2D eigenvalue weighted by Gasteiger charge is -2.00. The summed E-state index contributed by atoms with van der Waals surface area (Å²) in [7, 11) is 0. The zero-order chi connectivity index (χ0) is 12.3. The predicted molar refractivity (Wildman–Crippen MR) is 68.6 cm³/mol. The minimum Gasteiger partial charge on any atom is -0.504 e. The van der Waals surface area contributed by atoms with E-state index in [1.807, 2.05) is 17.5 Å². The van der Waals surface area contributed by atoms with E-state index < -0.39 is 0 Å². The maximum absolute atomic E-state index is 9.36. The Bertz CT molecular complexity index is 594. The van der Waals surface area contributed by atoms with E-state index >= 15 is 0 Å². The van der Waals surface area contributed by atoms with Gasteiger partial charge in [0.15, 0.2) is 11.5 Å². The third-order valence-electron chi connectivity index (χ3n) is 2.20. The Kier molecular flexibility index (Phi) is 3.12. The molecule has 1 aromatic carbocycles. The molecule has 0 unspecified atom stereocenters. The van der Waals surface area contributed by atoms with E-state index in [1.165, 1.54) is 23.5 Å². The van der Waals surface area contributed by atoms with Crippen molar-refractivity contribution in [1.29, 1.82) is 0 Å². The maximum Gasteiger partial charge on any atom is 0.204 e. The van der Waals surface area contributed by atoms with Crippen molar-refractivity contribution in [3.05, 3.63) is 57.6 Å². The summed E-state index contributed by atoms with van der Waals surface area (Å²) >= 11 is 1.49. The minimum absolute atomic E-state index is 0.164. The van der Waals surface area contributed by atoms with E-state index in [0.29, 0.717) is 11.3 Å². The van der Waals surface area contributed by atoms with E-state index in [0.717, 1.165) is 4.88 Å².